The third-order valence-electron chi connectivity index (χ3n) is 4.18. The Balaban J connectivity index is 1.68. The second-order valence-electron chi connectivity index (χ2n) is 5.53. The zero-order valence-corrected chi connectivity index (χ0v) is 10.4. The molecule has 0 spiro atoms. The van der Waals surface area contributed by atoms with Crippen LogP contribution in [-0.2, 0) is 0 Å². The van der Waals surface area contributed by atoms with Gasteiger partial charge in [-0.05, 0) is 57.3 Å². The molecule has 2 rings (SSSR count). The van der Waals surface area contributed by atoms with Gasteiger partial charge in [0, 0.05) is 13.1 Å². The third kappa shape index (κ3) is 3.18. The topological polar surface area (TPSA) is 6.48 Å². The quantitative estimate of drug-likeness (QED) is 0.703. The zero-order chi connectivity index (χ0) is 10.7. The van der Waals surface area contributed by atoms with Crippen LogP contribution in [-0.4, -0.2) is 49.1 Å². The van der Waals surface area contributed by atoms with Crippen molar-refractivity contribution in [2.75, 3.05) is 39.3 Å². The Morgan fingerprint density at radius 2 is 1.67 bits per heavy atom. The van der Waals surface area contributed by atoms with Crippen LogP contribution in [0.3, 0.4) is 0 Å². The fourth-order valence-corrected chi connectivity index (χ4v) is 3.04. The van der Waals surface area contributed by atoms with Crippen molar-refractivity contribution in [3.8, 4) is 0 Å². The first-order valence-electron chi connectivity index (χ1n) is 6.72. The van der Waals surface area contributed by atoms with Crippen LogP contribution in [0.25, 0.3) is 0 Å². The van der Waals surface area contributed by atoms with Crippen LogP contribution in [0, 0.1) is 11.8 Å². The minimum Gasteiger partial charge on any atom is -0.304 e. The summed E-state index contributed by atoms with van der Waals surface area (Å²) in [7, 11) is 0. The summed E-state index contributed by atoms with van der Waals surface area (Å²) < 4.78 is 0. The molecule has 0 N–H and O–H groups in total. The largest absolute Gasteiger partial charge is 0.304 e. The Kier molecular flexibility index (Phi) is 4.04. The standard InChI is InChI=1S/C13H26N2/c1-3-14-8-5-13(6-9-14)11-15-7-4-12(2)10-15/h12-13H,3-11H2,1-2H3. The highest BCUT2D eigenvalue weighted by Crippen LogP contribution is 2.22. The molecular weight excluding hydrogens is 184 g/mol. The lowest BCUT2D eigenvalue weighted by atomic mass is 9.96. The molecule has 1 unspecified atom stereocenters. The summed E-state index contributed by atoms with van der Waals surface area (Å²) in [6, 6.07) is 0. The van der Waals surface area contributed by atoms with E-state index in [0.29, 0.717) is 0 Å². The van der Waals surface area contributed by atoms with E-state index in [4.69, 9.17) is 0 Å². The van der Waals surface area contributed by atoms with Gasteiger partial charge in [0.1, 0.15) is 0 Å². The van der Waals surface area contributed by atoms with Crippen molar-refractivity contribution < 1.29 is 0 Å². The van der Waals surface area contributed by atoms with E-state index in [1.54, 1.807) is 0 Å². The van der Waals surface area contributed by atoms with E-state index >= 15 is 0 Å². The van der Waals surface area contributed by atoms with Gasteiger partial charge in [0.05, 0.1) is 0 Å². The SMILES string of the molecule is CCN1CCC(CN2CCC(C)C2)CC1. The lowest BCUT2D eigenvalue weighted by Gasteiger charge is -2.33. The number of nitrogens with zero attached hydrogens (tertiary/aromatic N) is 2. The molecule has 0 saturated carbocycles. The Morgan fingerprint density at radius 1 is 1.00 bits per heavy atom. The molecule has 0 amide bonds. The normalized spacial score (nSPS) is 31.2. The second kappa shape index (κ2) is 5.31. The van der Waals surface area contributed by atoms with Crippen LogP contribution in [0.15, 0.2) is 0 Å². The van der Waals surface area contributed by atoms with E-state index in [9.17, 15) is 0 Å². The van der Waals surface area contributed by atoms with Gasteiger partial charge in [-0.2, -0.15) is 0 Å². The summed E-state index contributed by atoms with van der Waals surface area (Å²) in [5.41, 5.74) is 0. The van der Waals surface area contributed by atoms with E-state index in [-0.39, 0.29) is 0 Å². The van der Waals surface area contributed by atoms with Crippen molar-refractivity contribution in [2.24, 2.45) is 11.8 Å². The first-order valence-corrected chi connectivity index (χ1v) is 6.72. The summed E-state index contributed by atoms with van der Waals surface area (Å²) in [5, 5.41) is 0. The number of piperidine rings is 1. The van der Waals surface area contributed by atoms with Crippen molar-refractivity contribution >= 4 is 0 Å². The van der Waals surface area contributed by atoms with Crippen LogP contribution < -0.4 is 0 Å². The monoisotopic (exact) mass is 210 g/mol. The summed E-state index contributed by atoms with van der Waals surface area (Å²) in [6.07, 6.45) is 4.28. The van der Waals surface area contributed by atoms with Crippen molar-refractivity contribution in [1.82, 2.24) is 9.80 Å². The maximum atomic E-state index is 2.69. The fraction of sp³-hybridized carbons (Fsp3) is 1.00. The average Bonchev–Trinajstić information content (AvgIpc) is 2.65. The molecule has 88 valence electrons. The van der Waals surface area contributed by atoms with E-state index < -0.39 is 0 Å². The van der Waals surface area contributed by atoms with Crippen LogP contribution in [0.4, 0.5) is 0 Å². The Hall–Kier alpha value is -0.0800. The van der Waals surface area contributed by atoms with Crippen molar-refractivity contribution in [2.45, 2.75) is 33.1 Å². The predicted octanol–water partition coefficient (Wildman–Crippen LogP) is 2.06. The Bertz CT molecular complexity index is 185. The summed E-state index contributed by atoms with van der Waals surface area (Å²) in [6.45, 7) is 12.7. The van der Waals surface area contributed by atoms with Crippen LogP contribution >= 0.6 is 0 Å². The van der Waals surface area contributed by atoms with Crippen molar-refractivity contribution in [3.63, 3.8) is 0 Å². The highest BCUT2D eigenvalue weighted by molar-refractivity contribution is 4.78. The van der Waals surface area contributed by atoms with Gasteiger partial charge in [-0.15, -0.1) is 0 Å². The highest BCUT2D eigenvalue weighted by atomic mass is 15.2. The molecule has 0 radical (unpaired) electrons. The number of rotatable bonds is 3. The van der Waals surface area contributed by atoms with Gasteiger partial charge < -0.3 is 9.80 Å². The molecule has 0 aromatic rings. The molecule has 2 aliphatic heterocycles. The lowest BCUT2D eigenvalue weighted by Crippen LogP contribution is -2.38. The van der Waals surface area contributed by atoms with Crippen LogP contribution in [0.1, 0.15) is 33.1 Å². The van der Waals surface area contributed by atoms with Crippen LogP contribution in [0.5, 0.6) is 0 Å². The second-order valence-corrected chi connectivity index (χ2v) is 5.53. The van der Waals surface area contributed by atoms with Crippen molar-refractivity contribution in [1.29, 1.82) is 0 Å². The minimum absolute atomic E-state index is 0.945. The molecule has 2 saturated heterocycles. The molecule has 2 nitrogen and oxygen atoms in total. The van der Waals surface area contributed by atoms with Crippen LogP contribution in [0.2, 0.25) is 0 Å². The summed E-state index contributed by atoms with van der Waals surface area (Å²) in [5.74, 6) is 1.93. The zero-order valence-electron chi connectivity index (χ0n) is 10.4. The highest BCUT2D eigenvalue weighted by Gasteiger charge is 2.24. The van der Waals surface area contributed by atoms with Gasteiger partial charge in [0.15, 0.2) is 0 Å². The molecule has 0 aliphatic carbocycles. The number of likely N-dealkylation sites (tertiary alicyclic amines) is 2. The molecule has 2 heteroatoms. The number of hydrogen-bond donors (Lipinski definition) is 0. The third-order valence-corrected chi connectivity index (χ3v) is 4.18. The lowest BCUT2D eigenvalue weighted by molar-refractivity contribution is 0.158. The van der Waals surface area contributed by atoms with E-state index in [1.807, 2.05) is 0 Å². The molecule has 15 heavy (non-hydrogen) atoms. The molecule has 0 aromatic heterocycles. The molecular formula is C13H26N2. The van der Waals surface area contributed by atoms with Gasteiger partial charge in [-0.3, -0.25) is 0 Å². The van der Waals surface area contributed by atoms with Gasteiger partial charge in [0.2, 0.25) is 0 Å². The number of hydrogen-bond acceptors (Lipinski definition) is 2. The summed E-state index contributed by atoms with van der Waals surface area (Å²) in [4.78, 5) is 5.28. The smallest absolute Gasteiger partial charge is 0.00107 e. The fourth-order valence-electron chi connectivity index (χ4n) is 3.04. The van der Waals surface area contributed by atoms with Gasteiger partial charge in [-0.1, -0.05) is 13.8 Å². The van der Waals surface area contributed by atoms with Gasteiger partial charge in [0.25, 0.3) is 0 Å². The Labute approximate surface area is 94.6 Å². The molecule has 2 fully saturated rings. The van der Waals surface area contributed by atoms with E-state index in [0.717, 1.165) is 11.8 Å². The van der Waals surface area contributed by atoms with E-state index in [1.165, 1.54) is 58.5 Å². The molecule has 2 heterocycles. The molecule has 2 aliphatic rings. The summed E-state index contributed by atoms with van der Waals surface area (Å²) >= 11 is 0. The van der Waals surface area contributed by atoms with E-state index in [2.05, 4.69) is 23.6 Å². The maximum absolute atomic E-state index is 2.69. The minimum atomic E-state index is 0.945. The van der Waals surface area contributed by atoms with Crippen molar-refractivity contribution in [3.05, 3.63) is 0 Å². The van der Waals surface area contributed by atoms with Gasteiger partial charge >= 0.3 is 0 Å². The average molecular weight is 210 g/mol. The first-order chi connectivity index (χ1) is 7.28. The molecule has 1 atom stereocenters. The Morgan fingerprint density at radius 3 is 2.20 bits per heavy atom. The van der Waals surface area contributed by atoms with Gasteiger partial charge in [-0.25, -0.2) is 0 Å². The molecule has 0 aromatic carbocycles. The molecule has 0 bridgehead atoms. The first kappa shape index (κ1) is 11.4. The predicted molar refractivity (Wildman–Crippen MR) is 65.1 cm³/mol. The maximum Gasteiger partial charge on any atom is 0.00107 e.